The molecule has 1 rings (SSSR count). The summed E-state index contributed by atoms with van der Waals surface area (Å²) in [5.74, 6) is -0.151. The zero-order valence-corrected chi connectivity index (χ0v) is 7.00. The number of rotatable bonds is 2. The zero-order chi connectivity index (χ0) is 9.14. The average molecular weight is 169 g/mol. The largest absolute Gasteiger partial charge is 0.295 e. The fourth-order valence-electron chi connectivity index (χ4n) is 1.47. The maximum atomic E-state index is 11.0. The highest BCUT2D eigenvalue weighted by atomic mass is 16.6. The molecule has 0 aromatic heterocycles. The van der Waals surface area contributed by atoms with E-state index in [1.165, 1.54) is 6.92 Å². The molecule has 4 nitrogen and oxygen atoms in total. The van der Waals surface area contributed by atoms with E-state index in [0.29, 0.717) is 18.4 Å². The number of hydrogen-bond donors (Lipinski definition) is 0. The van der Waals surface area contributed by atoms with Crippen molar-refractivity contribution in [2.24, 2.45) is 0 Å². The standard InChI is InChI=1S/C8H11NO3/c1-6(10)7-4-2-3-5-8(7)9(11)12/h2-5H2,1H3. The Labute approximate surface area is 70.4 Å². The van der Waals surface area contributed by atoms with Gasteiger partial charge in [0.05, 0.1) is 10.5 Å². The first-order valence-electron chi connectivity index (χ1n) is 4.00. The Bertz CT molecular complexity index is 229. The smallest absolute Gasteiger partial charge is 0.252 e. The summed E-state index contributed by atoms with van der Waals surface area (Å²) in [6.07, 6.45) is 2.74. The predicted molar refractivity (Wildman–Crippen MR) is 43.2 cm³/mol. The maximum absolute atomic E-state index is 11.0. The van der Waals surface area contributed by atoms with Crippen molar-refractivity contribution in [3.63, 3.8) is 0 Å². The van der Waals surface area contributed by atoms with Crippen LogP contribution in [0.5, 0.6) is 0 Å². The lowest BCUT2D eigenvalue weighted by atomic mass is 9.94. The van der Waals surface area contributed by atoms with E-state index in [4.69, 9.17) is 0 Å². The molecule has 0 radical (unpaired) electrons. The minimum Gasteiger partial charge on any atom is -0.295 e. The van der Waals surface area contributed by atoms with Crippen LogP contribution >= 0.6 is 0 Å². The summed E-state index contributed by atoms with van der Waals surface area (Å²) in [5, 5.41) is 10.5. The van der Waals surface area contributed by atoms with Crippen molar-refractivity contribution in [2.75, 3.05) is 0 Å². The quantitative estimate of drug-likeness (QED) is 0.466. The van der Waals surface area contributed by atoms with Crippen LogP contribution in [0.4, 0.5) is 0 Å². The molecule has 1 aliphatic carbocycles. The molecule has 0 saturated carbocycles. The Hall–Kier alpha value is -1.19. The minimum absolute atomic E-state index is 0.133. The molecule has 0 heterocycles. The first-order valence-corrected chi connectivity index (χ1v) is 4.00. The van der Waals surface area contributed by atoms with Gasteiger partial charge in [-0.1, -0.05) is 0 Å². The normalized spacial score (nSPS) is 17.8. The summed E-state index contributed by atoms with van der Waals surface area (Å²) in [6, 6.07) is 0. The van der Waals surface area contributed by atoms with E-state index >= 15 is 0 Å². The Balaban J connectivity index is 2.99. The molecule has 0 N–H and O–H groups in total. The number of carbonyl (C=O) groups excluding carboxylic acids is 1. The molecule has 0 fully saturated rings. The molecule has 66 valence electrons. The molecule has 0 unspecified atom stereocenters. The van der Waals surface area contributed by atoms with E-state index in [-0.39, 0.29) is 11.5 Å². The van der Waals surface area contributed by atoms with E-state index in [0.717, 1.165) is 12.8 Å². The van der Waals surface area contributed by atoms with Gasteiger partial charge in [0.1, 0.15) is 0 Å². The summed E-state index contributed by atoms with van der Waals surface area (Å²) in [5.41, 5.74) is 0.556. The summed E-state index contributed by atoms with van der Waals surface area (Å²) >= 11 is 0. The molecular formula is C8H11NO3. The van der Waals surface area contributed by atoms with Crippen LogP contribution in [0.3, 0.4) is 0 Å². The van der Waals surface area contributed by atoms with Crippen molar-refractivity contribution >= 4 is 5.78 Å². The highest BCUT2D eigenvalue weighted by Crippen LogP contribution is 2.25. The van der Waals surface area contributed by atoms with Crippen molar-refractivity contribution in [3.8, 4) is 0 Å². The summed E-state index contributed by atoms with van der Waals surface area (Å²) < 4.78 is 0. The fourth-order valence-corrected chi connectivity index (χ4v) is 1.47. The highest BCUT2D eigenvalue weighted by molar-refractivity contribution is 5.93. The molecule has 0 atom stereocenters. The number of hydrogen-bond acceptors (Lipinski definition) is 3. The van der Waals surface area contributed by atoms with Crippen molar-refractivity contribution in [1.29, 1.82) is 0 Å². The van der Waals surface area contributed by atoms with Gasteiger partial charge in [-0.2, -0.15) is 0 Å². The van der Waals surface area contributed by atoms with Gasteiger partial charge in [0, 0.05) is 6.42 Å². The second-order valence-corrected chi connectivity index (χ2v) is 2.95. The molecule has 0 aliphatic heterocycles. The number of ketones is 1. The van der Waals surface area contributed by atoms with Gasteiger partial charge in [0.2, 0.25) is 0 Å². The molecule has 4 heteroatoms. The second kappa shape index (κ2) is 3.47. The monoisotopic (exact) mass is 169 g/mol. The predicted octanol–water partition coefficient (Wildman–Crippen LogP) is 1.68. The van der Waals surface area contributed by atoms with Crippen LogP contribution in [0.25, 0.3) is 0 Å². The SMILES string of the molecule is CC(=O)C1=C([N+](=O)[O-])CCCC1. The van der Waals surface area contributed by atoms with Crippen LogP contribution in [0.1, 0.15) is 32.6 Å². The lowest BCUT2D eigenvalue weighted by molar-refractivity contribution is -0.429. The molecule has 0 aromatic carbocycles. The van der Waals surface area contributed by atoms with Crippen LogP contribution in [-0.4, -0.2) is 10.7 Å². The van der Waals surface area contributed by atoms with Gasteiger partial charge in [-0.25, -0.2) is 0 Å². The van der Waals surface area contributed by atoms with Gasteiger partial charge in [-0.15, -0.1) is 0 Å². The highest BCUT2D eigenvalue weighted by Gasteiger charge is 2.24. The fraction of sp³-hybridized carbons (Fsp3) is 0.625. The van der Waals surface area contributed by atoms with E-state index < -0.39 is 4.92 Å². The summed E-state index contributed by atoms with van der Waals surface area (Å²) in [6.45, 7) is 1.39. The molecule has 1 aliphatic rings. The summed E-state index contributed by atoms with van der Waals surface area (Å²) in [4.78, 5) is 21.0. The van der Waals surface area contributed by atoms with Crippen LogP contribution in [0.2, 0.25) is 0 Å². The topological polar surface area (TPSA) is 60.2 Å². The lowest BCUT2D eigenvalue weighted by Crippen LogP contribution is -2.12. The van der Waals surface area contributed by atoms with E-state index in [2.05, 4.69) is 0 Å². The van der Waals surface area contributed by atoms with Crippen LogP contribution in [0.15, 0.2) is 11.3 Å². The molecule has 0 saturated heterocycles. The van der Waals surface area contributed by atoms with Crippen molar-refractivity contribution < 1.29 is 9.72 Å². The Morgan fingerprint density at radius 2 is 2.00 bits per heavy atom. The van der Waals surface area contributed by atoms with Gasteiger partial charge in [-0.05, 0) is 26.2 Å². The van der Waals surface area contributed by atoms with Crippen molar-refractivity contribution in [1.82, 2.24) is 0 Å². The molecule has 0 bridgehead atoms. The van der Waals surface area contributed by atoms with Gasteiger partial charge in [-0.3, -0.25) is 14.9 Å². The number of carbonyl (C=O) groups is 1. The average Bonchev–Trinajstić information content (AvgIpc) is 2.04. The van der Waals surface area contributed by atoms with Gasteiger partial charge in [0.15, 0.2) is 5.78 Å². The van der Waals surface area contributed by atoms with Gasteiger partial charge >= 0.3 is 0 Å². The third-order valence-electron chi connectivity index (χ3n) is 2.08. The van der Waals surface area contributed by atoms with E-state index in [1.54, 1.807) is 0 Å². The minimum atomic E-state index is -0.421. The third-order valence-corrected chi connectivity index (χ3v) is 2.08. The molecule has 0 aromatic rings. The van der Waals surface area contributed by atoms with Crippen LogP contribution in [-0.2, 0) is 4.79 Å². The van der Waals surface area contributed by atoms with Crippen LogP contribution in [0, 0.1) is 10.1 Å². The lowest BCUT2D eigenvalue weighted by Gasteiger charge is -2.10. The first kappa shape index (κ1) is 8.90. The maximum Gasteiger partial charge on any atom is 0.252 e. The molecule has 12 heavy (non-hydrogen) atoms. The van der Waals surface area contributed by atoms with E-state index in [9.17, 15) is 14.9 Å². The first-order chi connectivity index (χ1) is 5.63. The molecular weight excluding hydrogens is 158 g/mol. The number of Topliss-reactive ketones (excluding diaryl/α,β-unsaturated/α-hetero) is 1. The second-order valence-electron chi connectivity index (χ2n) is 2.95. The van der Waals surface area contributed by atoms with Crippen molar-refractivity contribution in [3.05, 3.63) is 21.4 Å². The van der Waals surface area contributed by atoms with Gasteiger partial charge in [0.25, 0.3) is 5.70 Å². The number of nitrogens with zero attached hydrogens (tertiary/aromatic N) is 1. The van der Waals surface area contributed by atoms with Gasteiger partial charge < -0.3 is 0 Å². The molecule has 0 amide bonds. The zero-order valence-electron chi connectivity index (χ0n) is 7.00. The van der Waals surface area contributed by atoms with Crippen LogP contribution < -0.4 is 0 Å². The van der Waals surface area contributed by atoms with E-state index in [1.807, 2.05) is 0 Å². The Kier molecular flexibility index (Phi) is 2.58. The Morgan fingerprint density at radius 3 is 2.42 bits per heavy atom. The Morgan fingerprint density at radius 1 is 1.42 bits per heavy atom. The third kappa shape index (κ3) is 1.69. The molecule has 0 spiro atoms. The van der Waals surface area contributed by atoms with Crippen molar-refractivity contribution in [2.45, 2.75) is 32.6 Å². The number of nitro groups is 1. The summed E-state index contributed by atoms with van der Waals surface area (Å²) in [7, 11) is 0. The number of allylic oxidation sites excluding steroid dienone is 2.